The molecule has 0 aliphatic heterocycles. The molecule has 0 saturated carbocycles. The van der Waals surface area contributed by atoms with Gasteiger partial charge in [0.2, 0.25) is 17.6 Å². The number of carbonyl (C=O) groups is 1. The first-order valence-corrected chi connectivity index (χ1v) is 8.59. The maximum atomic E-state index is 13.4. The van der Waals surface area contributed by atoms with E-state index in [-0.39, 0.29) is 18.1 Å². The Hall–Kier alpha value is -3.29. The third-order valence-corrected chi connectivity index (χ3v) is 3.71. The number of pyridine rings is 1. The highest BCUT2D eigenvalue weighted by atomic mass is 19.1. The molecule has 27 heavy (non-hydrogen) atoms. The summed E-state index contributed by atoms with van der Waals surface area (Å²) in [5.74, 6) is 0.569. The van der Waals surface area contributed by atoms with Crippen molar-refractivity contribution in [3.63, 3.8) is 0 Å². The van der Waals surface area contributed by atoms with E-state index in [9.17, 15) is 9.18 Å². The van der Waals surface area contributed by atoms with E-state index in [1.54, 1.807) is 42.7 Å². The molecule has 0 aliphatic carbocycles. The van der Waals surface area contributed by atoms with E-state index in [4.69, 9.17) is 9.26 Å². The number of benzene rings is 1. The van der Waals surface area contributed by atoms with Crippen LogP contribution in [0, 0.1) is 5.82 Å². The summed E-state index contributed by atoms with van der Waals surface area (Å²) in [6, 6.07) is 9.78. The molecule has 140 valence electrons. The lowest BCUT2D eigenvalue weighted by atomic mass is 10.2. The molecule has 0 saturated heterocycles. The first kappa shape index (κ1) is 18.5. The van der Waals surface area contributed by atoms with Gasteiger partial charge in [-0.05, 0) is 30.7 Å². The Balaban J connectivity index is 1.33. The summed E-state index contributed by atoms with van der Waals surface area (Å²) in [6.07, 6.45) is 4.47. The maximum Gasteiger partial charge on any atom is 0.227 e. The van der Waals surface area contributed by atoms with Crippen molar-refractivity contribution in [1.82, 2.24) is 20.4 Å². The van der Waals surface area contributed by atoms with Crippen LogP contribution in [0.4, 0.5) is 4.39 Å². The summed E-state index contributed by atoms with van der Waals surface area (Å²) in [6.45, 7) is 0.763. The Bertz CT molecular complexity index is 870. The predicted octanol–water partition coefficient (Wildman–Crippen LogP) is 2.79. The fraction of sp³-hybridized carbons (Fsp3) is 0.263. The van der Waals surface area contributed by atoms with Crippen LogP contribution in [0.2, 0.25) is 0 Å². The lowest BCUT2D eigenvalue weighted by Gasteiger charge is -2.07. The number of halogens is 1. The highest BCUT2D eigenvalue weighted by Crippen LogP contribution is 2.15. The fourth-order valence-electron chi connectivity index (χ4n) is 2.33. The van der Waals surface area contributed by atoms with Gasteiger partial charge in [-0.1, -0.05) is 17.3 Å². The van der Waals surface area contributed by atoms with Gasteiger partial charge < -0.3 is 14.6 Å². The Labute approximate surface area is 155 Å². The van der Waals surface area contributed by atoms with Gasteiger partial charge >= 0.3 is 0 Å². The minimum absolute atomic E-state index is 0.121. The molecule has 8 heteroatoms. The number of hydrogen-bond donors (Lipinski definition) is 1. The van der Waals surface area contributed by atoms with Crippen LogP contribution in [-0.2, 0) is 11.2 Å². The fourth-order valence-corrected chi connectivity index (χ4v) is 2.33. The molecule has 0 bridgehead atoms. The van der Waals surface area contributed by atoms with E-state index in [0.717, 1.165) is 5.56 Å². The Kier molecular flexibility index (Phi) is 6.45. The van der Waals surface area contributed by atoms with Gasteiger partial charge in [0.15, 0.2) is 11.6 Å². The predicted molar refractivity (Wildman–Crippen MR) is 95.4 cm³/mol. The maximum absolute atomic E-state index is 13.4. The molecule has 1 amide bonds. The number of carbonyl (C=O) groups excluding carboxylic acids is 1. The van der Waals surface area contributed by atoms with Crippen LogP contribution in [0.5, 0.6) is 5.75 Å². The van der Waals surface area contributed by atoms with Gasteiger partial charge in [-0.3, -0.25) is 9.78 Å². The zero-order valence-electron chi connectivity index (χ0n) is 14.6. The summed E-state index contributed by atoms with van der Waals surface area (Å²) in [5.41, 5.74) is 0.805. The largest absolute Gasteiger partial charge is 0.490 e. The van der Waals surface area contributed by atoms with Gasteiger partial charge in [-0.15, -0.1) is 0 Å². The zero-order valence-corrected chi connectivity index (χ0v) is 14.6. The number of para-hydroxylation sites is 1. The second kappa shape index (κ2) is 9.42. The summed E-state index contributed by atoms with van der Waals surface area (Å²) >= 11 is 0. The van der Waals surface area contributed by atoms with Gasteiger partial charge in [0.05, 0.1) is 6.61 Å². The highest BCUT2D eigenvalue weighted by molar-refractivity contribution is 5.75. The van der Waals surface area contributed by atoms with E-state index < -0.39 is 5.82 Å². The molecule has 0 aliphatic rings. The molecule has 2 aromatic heterocycles. The molecule has 7 nitrogen and oxygen atoms in total. The van der Waals surface area contributed by atoms with Crippen molar-refractivity contribution in [1.29, 1.82) is 0 Å². The Morgan fingerprint density at radius 1 is 1.19 bits per heavy atom. The van der Waals surface area contributed by atoms with Gasteiger partial charge in [0.1, 0.15) is 0 Å². The zero-order chi connectivity index (χ0) is 18.9. The van der Waals surface area contributed by atoms with E-state index in [0.29, 0.717) is 37.7 Å². The van der Waals surface area contributed by atoms with Gasteiger partial charge in [-0.2, -0.15) is 4.98 Å². The normalized spacial score (nSPS) is 10.6. The average Bonchev–Trinajstić information content (AvgIpc) is 3.17. The molecule has 0 atom stereocenters. The number of rotatable bonds is 9. The van der Waals surface area contributed by atoms with Crippen molar-refractivity contribution in [3.8, 4) is 17.1 Å². The lowest BCUT2D eigenvalue weighted by molar-refractivity contribution is -0.121. The first-order valence-electron chi connectivity index (χ1n) is 8.59. The second-order valence-corrected chi connectivity index (χ2v) is 5.73. The standard InChI is InChI=1S/C19H19FN4O3/c20-15-4-1-2-5-16(15)26-13-3-10-22-17(25)6-7-18-23-19(24-27-18)14-8-11-21-12-9-14/h1-2,4-5,8-9,11-12H,3,6-7,10,13H2,(H,22,25). The summed E-state index contributed by atoms with van der Waals surface area (Å²) < 4.78 is 23.9. The van der Waals surface area contributed by atoms with Crippen molar-refractivity contribution in [2.24, 2.45) is 0 Å². The number of aryl methyl sites for hydroxylation is 1. The second-order valence-electron chi connectivity index (χ2n) is 5.73. The Morgan fingerprint density at radius 2 is 2.00 bits per heavy atom. The number of nitrogens with zero attached hydrogens (tertiary/aromatic N) is 3. The summed E-state index contributed by atoms with van der Waals surface area (Å²) in [7, 11) is 0. The van der Waals surface area contributed by atoms with Crippen LogP contribution < -0.4 is 10.1 Å². The number of ether oxygens (including phenoxy) is 1. The van der Waals surface area contributed by atoms with Crippen molar-refractivity contribution >= 4 is 5.91 Å². The number of amides is 1. The van der Waals surface area contributed by atoms with Crippen molar-refractivity contribution in [2.45, 2.75) is 19.3 Å². The van der Waals surface area contributed by atoms with Gasteiger partial charge in [0.25, 0.3) is 0 Å². The van der Waals surface area contributed by atoms with Crippen LogP contribution in [0.3, 0.4) is 0 Å². The molecule has 3 aromatic rings. The van der Waals surface area contributed by atoms with Crippen LogP contribution in [-0.4, -0.2) is 34.2 Å². The first-order chi connectivity index (χ1) is 13.2. The monoisotopic (exact) mass is 370 g/mol. The van der Waals surface area contributed by atoms with E-state index >= 15 is 0 Å². The van der Waals surface area contributed by atoms with Crippen LogP contribution in [0.15, 0.2) is 53.3 Å². The van der Waals surface area contributed by atoms with E-state index in [2.05, 4.69) is 20.4 Å². The Morgan fingerprint density at radius 3 is 2.81 bits per heavy atom. The lowest BCUT2D eigenvalue weighted by Crippen LogP contribution is -2.25. The quantitative estimate of drug-likeness (QED) is 0.583. The van der Waals surface area contributed by atoms with E-state index in [1.807, 2.05) is 0 Å². The average molecular weight is 370 g/mol. The minimum Gasteiger partial charge on any atom is -0.490 e. The topological polar surface area (TPSA) is 90.1 Å². The molecule has 0 spiro atoms. The van der Waals surface area contributed by atoms with Gasteiger partial charge in [-0.25, -0.2) is 4.39 Å². The number of aromatic nitrogens is 3. The minimum atomic E-state index is -0.396. The molecule has 1 N–H and O–H groups in total. The van der Waals surface area contributed by atoms with Crippen molar-refractivity contribution in [2.75, 3.05) is 13.2 Å². The van der Waals surface area contributed by atoms with Crippen LogP contribution in [0.25, 0.3) is 11.4 Å². The molecular weight excluding hydrogens is 351 g/mol. The molecule has 3 rings (SSSR count). The van der Waals surface area contributed by atoms with Crippen LogP contribution in [0.1, 0.15) is 18.7 Å². The van der Waals surface area contributed by atoms with Gasteiger partial charge in [0, 0.05) is 37.3 Å². The number of hydrogen-bond acceptors (Lipinski definition) is 6. The third kappa shape index (κ3) is 5.60. The van der Waals surface area contributed by atoms with E-state index in [1.165, 1.54) is 6.07 Å². The molecular formula is C19H19FN4O3. The molecule has 0 fully saturated rings. The third-order valence-electron chi connectivity index (χ3n) is 3.71. The highest BCUT2D eigenvalue weighted by Gasteiger charge is 2.10. The van der Waals surface area contributed by atoms with Crippen molar-refractivity contribution in [3.05, 3.63) is 60.5 Å². The molecule has 2 heterocycles. The molecule has 0 unspecified atom stereocenters. The summed E-state index contributed by atoms with van der Waals surface area (Å²) in [4.78, 5) is 20.1. The summed E-state index contributed by atoms with van der Waals surface area (Å²) in [5, 5.41) is 6.68. The SMILES string of the molecule is O=C(CCc1nc(-c2ccncc2)no1)NCCCOc1ccccc1F. The molecule has 0 radical (unpaired) electrons. The molecule has 1 aromatic carbocycles. The number of nitrogens with one attached hydrogen (secondary N) is 1. The van der Waals surface area contributed by atoms with Crippen LogP contribution >= 0.6 is 0 Å². The van der Waals surface area contributed by atoms with Crippen molar-refractivity contribution < 1.29 is 18.4 Å². The smallest absolute Gasteiger partial charge is 0.227 e.